The van der Waals surface area contributed by atoms with E-state index in [9.17, 15) is 9.59 Å². The number of amides is 3. The lowest BCUT2D eigenvalue weighted by molar-refractivity contribution is -0.119. The summed E-state index contributed by atoms with van der Waals surface area (Å²) >= 11 is 1.25. The van der Waals surface area contributed by atoms with Crippen LogP contribution in [-0.4, -0.2) is 43.9 Å². The molecule has 1 aromatic rings. The van der Waals surface area contributed by atoms with Gasteiger partial charge < -0.3 is 5.32 Å². The Hall–Kier alpha value is -1.64. The Morgan fingerprint density at radius 1 is 1.38 bits per heavy atom. The van der Waals surface area contributed by atoms with E-state index in [1.54, 1.807) is 11.6 Å². The second-order valence-electron chi connectivity index (χ2n) is 5.49. The number of hydrogen-bond donors (Lipinski definition) is 2. The third-order valence-electron chi connectivity index (χ3n) is 2.91. The van der Waals surface area contributed by atoms with E-state index in [0.29, 0.717) is 23.7 Å². The van der Waals surface area contributed by atoms with E-state index in [-0.39, 0.29) is 5.91 Å². The highest BCUT2D eigenvalue weighted by Crippen LogP contribution is 2.37. The number of carbonyl (C=O) groups excluding carboxylic acids is 2. The summed E-state index contributed by atoms with van der Waals surface area (Å²) in [4.78, 5) is 23.5. The van der Waals surface area contributed by atoms with E-state index >= 15 is 0 Å². The standard InChI is InChI=1S/C12H20N6O2S/c1-7(2)6-13-11(20)14-10(19)8(3)21-12-15-16-17-18(12)9-4-5-9/h7-9H,4-6H2,1-3H3,(H2,13,14,19,20)/t8-/m0/s1. The van der Waals surface area contributed by atoms with Crippen molar-refractivity contribution in [2.75, 3.05) is 6.54 Å². The highest BCUT2D eigenvalue weighted by molar-refractivity contribution is 8.00. The molecule has 1 aliphatic carbocycles. The predicted molar refractivity (Wildman–Crippen MR) is 77.8 cm³/mol. The largest absolute Gasteiger partial charge is 0.338 e. The maximum Gasteiger partial charge on any atom is 0.321 e. The van der Waals surface area contributed by atoms with Gasteiger partial charge in [-0.1, -0.05) is 25.6 Å². The van der Waals surface area contributed by atoms with Gasteiger partial charge in [-0.05, 0) is 36.1 Å². The van der Waals surface area contributed by atoms with Crippen molar-refractivity contribution in [3.05, 3.63) is 0 Å². The quantitative estimate of drug-likeness (QED) is 0.759. The predicted octanol–water partition coefficient (Wildman–Crippen LogP) is 0.970. The fourth-order valence-electron chi connectivity index (χ4n) is 1.58. The number of imide groups is 1. The molecule has 21 heavy (non-hydrogen) atoms. The number of tetrazole rings is 1. The molecule has 0 spiro atoms. The van der Waals surface area contributed by atoms with Gasteiger partial charge in [-0.2, -0.15) is 0 Å². The summed E-state index contributed by atoms with van der Waals surface area (Å²) in [5.41, 5.74) is 0. The lowest BCUT2D eigenvalue weighted by atomic mass is 10.2. The highest BCUT2D eigenvalue weighted by Gasteiger charge is 2.29. The van der Waals surface area contributed by atoms with E-state index in [2.05, 4.69) is 26.2 Å². The van der Waals surface area contributed by atoms with Gasteiger partial charge in [0.2, 0.25) is 11.1 Å². The van der Waals surface area contributed by atoms with E-state index < -0.39 is 11.3 Å². The van der Waals surface area contributed by atoms with Crippen LogP contribution in [0.5, 0.6) is 0 Å². The minimum atomic E-state index is -0.470. The Morgan fingerprint density at radius 3 is 2.71 bits per heavy atom. The van der Waals surface area contributed by atoms with Crippen LogP contribution < -0.4 is 10.6 Å². The molecule has 2 rings (SSSR count). The Balaban J connectivity index is 1.82. The maximum absolute atomic E-state index is 12.0. The Kier molecular flexibility index (Phi) is 5.16. The minimum absolute atomic E-state index is 0.334. The van der Waals surface area contributed by atoms with Gasteiger partial charge in [0.1, 0.15) is 0 Å². The molecule has 1 aromatic heterocycles. The Morgan fingerprint density at radius 2 is 2.10 bits per heavy atom. The molecule has 9 heteroatoms. The molecule has 0 aliphatic heterocycles. The molecule has 1 aliphatic rings. The van der Waals surface area contributed by atoms with E-state index in [4.69, 9.17) is 0 Å². The molecule has 0 unspecified atom stereocenters. The molecule has 116 valence electrons. The molecule has 0 bridgehead atoms. The van der Waals surface area contributed by atoms with Gasteiger partial charge in [0.25, 0.3) is 0 Å². The van der Waals surface area contributed by atoms with Crippen LogP contribution in [0, 0.1) is 5.92 Å². The van der Waals surface area contributed by atoms with E-state index in [1.807, 2.05) is 13.8 Å². The van der Waals surface area contributed by atoms with Crippen molar-refractivity contribution in [3.63, 3.8) is 0 Å². The normalized spacial score (nSPS) is 15.8. The Bertz CT molecular complexity index is 514. The van der Waals surface area contributed by atoms with Crippen molar-refractivity contribution in [2.45, 2.75) is 50.1 Å². The van der Waals surface area contributed by atoms with Gasteiger partial charge >= 0.3 is 6.03 Å². The minimum Gasteiger partial charge on any atom is -0.338 e. The number of nitrogens with one attached hydrogen (secondary N) is 2. The zero-order chi connectivity index (χ0) is 15.4. The van der Waals surface area contributed by atoms with Gasteiger partial charge in [0.05, 0.1) is 11.3 Å². The topological polar surface area (TPSA) is 102 Å². The first-order valence-corrected chi connectivity index (χ1v) is 7.88. The third-order valence-corrected chi connectivity index (χ3v) is 3.96. The molecular weight excluding hydrogens is 292 g/mol. The van der Waals surface area contributed by atoms with E-state index in [0.717, 1.165) is 12.8 Å². The van der Waals surface area contributed by atoms with Crippen molar-refractivity contribution >= 4 is 23.7 Å². The van der Waals surface area contributed by atoms with Crippen LogP contribution in [-0.2, 0) is 4.79 Å². The molecule has 1 fully saturated rings. The number of thioether (sulfide) groups is 1. The summed E-state index contributed by atoms with van der Waals surface area (Å²) in [6.07, 6.45) is 2.13. The van der Waals surface area contributed by atoms with Crippen molar-refractivity contribution in [1.29, 1.82) is 0 Å². The second-order valence-corrected chi connectivity index (χ2v) is 6.80. The fourth-order valence-corrected chi connectivity index (χ4v) is 2.44. The van der Waals surface area contributed by atoms with Gasteiger partial charge in [-0.15, -0.1) is 5.10 Å². The van der Waals surface area contributed by atoms with Gasteiger partial charge in [0, 0.05) is 6.54 Å². The number of rotatable bonds is 6. The molecule has 8 nitrogen and oxygen atoms in total. The first-order chi connectivity index (χ1) is 9.97. The van der Waals surface area contributed by atoms with Crippen LogP contribution in [0.3, 0.4) is 0 Å². The fraction of sp³-hybridized carbons (Fsp3) is 0.750. The third kappa shape index (κ3) is 4.69. The monoisotopic (exact) mass is 312 g/mol. The Labute approximate surface area is 127 Å². The summed E-state index contributed by atoms with van der Waals surface area (Å²) in [6.45, 7) is 6.22. The van der Waals surface area contributed by atoms with Crippen LogP contribution in [0.4, 0.5) is 4.79 Å². The van der Waals surface area contributed by atoms with Gasteiger partial charge in [-0.25, -0.2) is 9.48 Å². The summed E-state index contributed by atoms with van der Waals surface area (Å²) in [7, 11) is 0. The summed E-state index contributed by atoms with van der Waals surface area (Å²) < 4.78 is 1.74. The first-order valence-electron chi connectivity index (χ1n) is 7.00. The lowest BCUT2D eigenvalue weighted by Crippen LogP contribution is -2.43. The smallest absolute Gasteiger partial charge is 0.321 e. The summed E-state index contributed by atoms with van der Waals surface area (Å²) in [6, 6.07) is -0.116. The highest BCUT2D eigenvalue weighted by atomic mass is 32.2. The SMILES string of the molecule is CC(C)CNC(=O)NC(=O)[C@H](C)Sc1nnnn1C1CC1. The molecule has 2 N–H and O–H groups in total. The van der Waals surface area contributed by atoms with Crippen molar-refractivity contribution in [2.24, 2.45) is 5.92 Å². The summed E-state index contributed by atoms with van der Waals surface area (Å²) in [5, 5.41) is 16.6. The molecule has 1 saturated carbocycles. The molecular formula is C12H20N6O2S. The van der Waals surface area contributed by atoms with Crippen molar-refractivity contribution < 1.29 is 9.59 Å². The molecule has 3 amide bonds. The molecule has 1 atom stereocenters. The molecule has 0 aromatic carbocycles. The van der Waals surface area contributed by atoms with Gasteiger partial charge in [-0.3, -0.25) is 10.1 Å². The van der Waals surface area contributed by atoms with Crippen molar-refractivity contribution in [3.8, 4) is 0 Å². The lowest BCUT2D eigenvalue weighted by Gasteiger charge is -2.12. The number of aromatic nitrogens is 4. The van der Waals surface area contributed by atoms with Gasteiger partial charge in [0.15, 0.2) is 0 Å². The van der Waals surface area contributed by atoms with Crippen LogP contribution in [0.2, 0.25) is 0 Å². The average Bonchev–Trinajstić information content (AvgIpc) is 3.17. The number of nitrogens with zero attached hydrogens (tertiary/aromatic N) is 4. The number of urea groups is 1. The average molecular weight is 312 g/mol. The van der Waals surface area contributed by atoms with Crippen LogP contribution in [0.1, 0.15) is 39.7 Å². The molecule has 1 heterocycles. The van der Waals surface area contributed by atoms with Crippen LogP contribution in [0.15, 0.2) is 5.16 Å². The zero-order valence-corrected chi connectivity index (χ0v) is 13.2. The summed E-state index contributed by atoms with van der Waals surface area (Å²) in [5.74, 6) is -0.0209. The second kappa shape index (κ2) is 6.88. The van der Waals surface area contributed by atoms with Crippen LogP contribution in [0.25, 0.3) is 0 Å². The van der Waals surface area contributed by atoms with Crippen LogP contribution >= 0.6 is 11.8 Å². The number of carbonyl (C=O) groups is 2. The van der Waals surface area contributed by atoms with E-state index in [1.165, 1.54) is 11.8 Å². The zero-order valence-electron chi connectivity index (χ0n) is 12.4. The maximum atomic E-state index is 12.0. The molecule has 0 radical (unpaired) electrons. The molecule has 0 saturated heterocycles. The first kappa shape index (κ1) is 15.7. The van der Waals surface area contributed by atoms with Crippen molar-refractivity contribution in [1.82, 2.24) is 30.8 Å². The number of hydrogen-bond acceptors (Lipinski definition) is 6.